The second kappa shape index (κ2) is 8.97. The number of ether oxygens (including phenoxy) is 1. The van der Waals surface area contributed by atoms with Crippen molar-refractivity contribution >= 4 is 17.5 Å². The van der Waals surface area contributed by atoms with Gasteiger partial charge in [-0.15, -0.1) is 10.2 Å². The SMILES string of the molecule is COc1cccc(-c2nnc(SCC(=O)c3ccc(-c4ccccc4)cc3)n2C)c1. The Morgan fingerprint density at radius 1 is 0.900 bits per heavy atom. The second-order valence-corrected chi connectivity index (χ2v) is 7.69. The molecule has 0 unspecified atom stereocenters. The highest BCUT2D eigenvalue weighted by Gasteiger charge is 2.14. The van der Waals surface area contributed by atoms with Crippen LogP contribution >= 0.6 is 11.8 Å². The number of hydrogen-bond donors (Lipinski definition) is 0. The summed E-state index contributed by atoms with van der Waals surface area (Å²) in [5.74, 6) is 1.86. The quantitative estimate of drug-likeness (QED) is 0.309. The molecule has 30 heavy (non-hydrogen) atoms. The molecule has 0 bridgehead atoms. The average Bonchev–Trinajstić information content (AvgIpc) is 3.18. The van der Waals surface area contributed by atoms with Crippen LogP contribution in [0.25, 0.3) is 22.5 Å². The minimum atomic E-state index is 0.0607. The van der Waals surface area contributed by atoms with Gasteiger partial charge in [0.1, 0.15) is 5.75 Å². The summed E-state index contributed by atoms with van der Waals surface area (Å²) in [5.41, 5.74) is 3.84. The van der Waals surface area contributed by atoms with Crippen LogP contribution in [0, 0.1) is 0 Å². The summed E-state index contributed by atoms with van der Waals surface area (Å²) in [6, 6.07) is 25.5. The Bertz CT molecular complexity index is 1150. The summed E-state index contributed by atoms with van der Waals surface area (Å²) < 4.78 is 7.17. The number of thioether (sulfide) groups is 1. The summed E-state index contributed by atoms with van der Waals surface area (Å²) in [6.07, 6.45) is 0. The van der Waals surface area contributed by atoms with Crippen LogP contribution in [0.5, 0.6) is 5.75 Å². The number of aromatic nitrogens is 3. The molecule has 150 valence electrons. The predicted octanol–water partition coefficient (Wildman–Crippen LogP) is 5.13. The summed E-state index contributed by atoms with van der Waals surface area (Å²) in [6.45, 7) is 0. The van der Waals surface area contributed by atoms with Gasteiger partial charge in [-0.2, -0.15) is 0 Å². The van der Waals surface area contributed by atoms with E-state index < -0.39 is 0 Å². The molecule has 0 N–H and O–H groups in total. The van der Waals surface area contributed by atoms with Crippen LogP contribution in [0.2, 0.25) is 0 Å². The van der Waals surface area contributed by atoms with Crippen LogP contribution in [0.3, 0.4) is 0 Å². The second-order valence-electron chi connectivity index (χ2n) is 6.75. The lowest BCUT2D eigenvalue weighted by Crippen LogP contribution is -2.04. The molecule has 0 radical (unpaired) electrons. The summed E-state index contributed by atoms with van der Waals surface area (Å²) in [7, 11) is 3.53. The zero-order chi connectivity index (χ0) is 20.9. The van der Waals surface area contributed by atoms with Crippen LogP contribution in [-0.2, 0) is 7.05 Å². The lowest BCUT2D eigenvalue weighted by molar-refractivity contribution is 0.102. The van der Waals surface area contributed by atoms with Crippen molar-refractivity contribution in [3.05, 3.63) is 84.4 Å². The van der Waals surface area contributed by atoms with E-state index in [-0.39, 0.29) is 5.78 Å². The summed E-state index contributed by atoms with van der Waals surface area (Å²) in [5, 5.41) is 9.23. The number of hydrogen-bond acceptors (Lipinski definition) is 5. The first-order valence-corrected chi connectivity index (χ1v) is 10.5. The van der Waals surface area contributed by atoms with E-state index in [1.54, 1.807) is 7.11 Å². The molecular weight excluding hydrogens is 394 g/mol. The van der Waals surface area contributed by atoms with Crippen molar-refractivity contribution in [1.29, 1.82) is 0 Å². The molecule has 4 aromatic rings. The number of ketones is 1. The molecule has 1 heterocycles. The van der Waals surface area contributed by atoms with Crippen LogP contribution in [0.1, 0.15) is 10.4 Å². The Morgan fingerprint density at radius 3 is 2.33 bits per heavy atom. The normalized spacial score (nSPS) is 10.7. The molecule has 6 heteroatoms. The van der Waals surface area contributed by atoms with Gasteiger partial charge in [0.15, 0.2) is 16.8 Å². The topological polar surface area (TPSA) is 57.0 Å². The predicted molar refractivity (Wildman–Crippen MR) is 120 cm³/mol. The molecule has 5 nitrogen and oxygen atoms in total. The van der Waals surface area contributed by atoms with E-state index >= 15 is 0 Å². The highest BCUT2D eigenvalue weighted by Crippen LogP contribution is 2.26. The molecule has 0 amide bonds. The fourth-order valence-electron chi connectivity index (χ4n) is 3.15. The number of carbonyl (C=O) groups excluding carboxylic acids is 1. The van der Waals surface area contributed by atoms with E-state index in [4.69, 9.17) is 4.74 Å². The van der Waals surface area contributed by atoms with Crippen LogP contribution < -0.4 is 4.74 Å². The Kier molecular flexibility index (Phi) is 5.95. The van der Waals surface area contributed by atoms with Gasteiger partial charge in [-0.1, -0.05) is 78.5 Å². The summed E-state index contributed by atoms with van der Waals surface area (Å²) in [4.78, 5) is 12.6. The lowest BCUT2D eigenvalue weighted by atomic mass is 10.0. The number of Topliss-reactive ketones (excluding diaryl/α,β-unsaturated/α-hetero) is 1. The van der Waals surface area contributed by atoms with E-state index in [0.717, 1.165) is 28.3 Å². The van der Waals surface area contributed by atoms with Gasteiger partial charge in [-0.25, -0.2) is 0 Å². The molecule has 0 fully saturated rings. The van der Waals surface area contributed by atoms with Gasteiger partial charge in [0.2, 0.25) is 0 Å². The third-order valence-corrected chi connectivity index (χ3v) is 5.83. The van der Waals surface area contributed by atoms with Crippen molar-refractivity contribution in [2.45, 2.75) is 5.16 Å². The molecular formula is C24H21N3O2S. The van der Waals surface area contributed by atoms with Crippen molar-refractivity contribution in [3.8, 4) is 28.3 Å². The maximum atomic E-state index is 12.6. The van der Waals surface area contributed by atoms with E-state index in [9.17, 15) is 4.79 Å². The van der Waals surface area contributed by atoms with E-state index in [1.165, 1.54) is 11.8 Å². The first kappa shape index (κ1) is 19.9. The largest absolute Gasteiger partial charge is 0.497 e. The lowest BCUT2D eigenvalue weighted by Gasteiger charge is -2.06. The Hall–Kier alpha value is -3.38. The van der Waals surface area contributed by atoms with Gasteiger partial charge in [0, 0.05) is 18.2 Å². The zero-order valence-corrected chi connectivity index (χ0v) is 17.6. The zero-order valence-electron chi connectivity index (χ0n) is 16.8. The van der Waals surface area contributed by atoms with Crippen LogP contribution in [0.15, 0.2) is 84.0 Å². The first-order valence-electron chi connectivity index (χ1n) is 9.51. The summed E-state index contributed by atoms with van der Waals surface area (Å²) >= 11 is 1.38. The van der Waals surface area contributed by atoms with Crippen molar-refractivity contribution < 1.29 is 9.53 Å². The van der Waals surface area contributed by atoms with Crippen LogP contribution in [-0.4, -0.2) is 33.4 Å². The van der Waals surface area contributed by atoms with Gasteiger partial charge < -0.3 is 9.30 Å². The maximum Gasteiger partial charge on any atom is 0.191 e. The Labute approximate surface area is 179 Å². The van der Waals surface area contributed by atoms with Crippen molar-refractivity contribution in [2.75, 3.05) is 12.9 Å². The van der Waals surface area contributed by atoms with Gasteiger partial charge in [0.25, 0.3) is 0 Å². The highest BCUT2D eigenvalue weighted by atomic mass is 32.2. The number of nitrogens with zero attached hydrogens (tertiary/aromatic N) is 3. The fourth-order valence-corrected chi connectivity index (χ4v) is 3.95. The average molecular weight is 416 g/mol. The third kappa shape index (κ3) is 4.28. The molecule has 0 aliphatic rings. The number of carbonyl (C=O) groups is 1. The van der Waals surface area contributed by atoms with Gasteiger partial charge in [0.05, 0.1) is 12.9 Å². The van der Waals surface area contributed by atoms with Crippen molar-refractivity contribution in [3.63, 3.8) is 0 Å². The molecule has 0 aliphatic carbocycles. The van der Waals surface area contributed by atoms with Gasteiger partial charge in [-0.3, -0.25) is 4.79 Å². The van der Waals surface area contributed by atoms with Crippen LogP contribution in [0.4, 0.5) is 0 Å². The number of benzene rings is 3. The Balaban J connectivity index is 1.43. The van der Waals surface area contributed by atoms with Gasteiger partial charge in [-0.05, 0) is 23.3 Å². The van der Waals surface area contributed by atoms with Crippen molar-refractivity contribution in [2.24, 2.45) is 7.05 Å². The van der Waals surface area contributed by atoms with Crippen molar-refractivity contribution in [1.82, 2.24) is 14.8 Å². The fraction of sp³-hybridized carbons (Fsp3) is 0.125. The minimum absolute atomic E-state index is 0.0607. The molecule has 0 saturated heterocycles. The Morgan fingerprint density at radius 2 is 1.60 bits per heavy atom. The molecule has 1 aromatic heterocycles. The molecule has 3 aromatic carbocycles. The number of methoxy groups -OCH3 is 1. The van der Waals surface area contributed by atoms with E-state index in [0.29, 0.717) is 16.5 Å². The molecule has 4 rings (SSSR count). The molecule has 0 spiro atoms. The van der Waals surface area contributed by atoms with Gasteiger partial charge >= 0.3 is 0 Å². The van der Waals surface area contributed by atoms with E-state index in [2.05, 4.69) is 22.3 Å². The molecule has 0 aliphatic heterocycles. The third-order valence-electron chi connectivity index (χ3n) is 4.81. The molecule has 0 saturated carbocycles. The minimum Gasteiger partial charge on any atom is -0.497 e. The number of rotatable bonds is 7. The smallest absolute Gasteiger partial charge is 0.191 e. The monoisotopic (exact) mass is 415 g/mol. The highest BCUT2D eigenvalue weighted by molar-refractivity contribution is 7.99. The standard InChI is InChI=1S/C24H21N3O2S/c1-27-23(20-9-6-10-21(15-20)29-2)25-26-24(27)30-16-22(28)19-13-11-18(12-14-19)17-7-4-3-5-8-17/h3-15H,16H2,1-2H3. The van der Waals surface area contributed by atoms with E-state index in [1.807, 2.05) is 78.3 Å². The molecule has 0 atom stereocenters. The maximum absolute atomic E-state index is 12.6. The first-order chi connectivity index (χ1) is 14.7.